The van der Waals surface area contributed by atoms with Gasteiger partial charge >= 0.3 is 0 Å². The molecule has 1 N–H and O–H groups in total. The van der Waals surface area contributed by atoms with Crippen molar-refractivity contribution in [2.45, 2.75) is 37.7 Å². The fourth-order valence-corrected chi connectivity index (χ4v) is 4.78. The van der Waals surface area contributed by atoms with Crippen LogP contribution in [0.15, 0.2) is 84.0 Å². The number of nitrogens with zero attached hydrogens (tertiary/aromatic N) is 3. The smallest absolute Gasteiger partial charge is 0.244 e. The van der Waals surface area contributed by atoms with E-state index in [1.165, 1.54) is 17.2 Å². The molecule has 1 unspecified atom stereocenters. The molecule has 0 spiro atoms. The quantitative estimate of drug-likeness (QED) is 0.214. The summed E-state index contributed by atoms with van der Waals surface area (Å²) in [7, 11) is 0. The molecule has 35 heavy (non-hydrogen) atoms. The van der Waals surface area contributed by atoms with E-state index in [1.54, 1.807) is 17.8 Å². The first kappa shape index (κ1) is 24.8. The number of rotatable bonds is 8. The molecule has 7 heteroatoms. The first-order valence-electron chi connectivity index (χ1n) is 11.3. The van der Waals surface area contributed by atoms with Gasteiger partial charge in [0.25, 0.3) is 0 Å². The maximum atomic E-state index is 12.6. The number of amides is 1. The van der Waals surface area contributed by atoms with Crippen LogP contribution >= 0.6 is 23.4 Å². The summed E-state index contributed by atoms with van der Waals surface area (Å²) in [6.07, 6.45) is 3.32. The lowest BCUT2D eigenvalue weighted by Gasteiger charge is -2.17. The van der Waals surface area contributed by atoms with Gasteiger partial charge in [0.05, 0.1) is 11.7 Å². The zero-order valence-corrected chi connectivity index (χ0v) is 21.5. The molecule has 4 aromatic rings. The predicted octanol–water partition coefficient (Wildman–Crippen LogP) is 6.72. The molecule has 0 saturated heterocycles. The molecule has 0 saturated carbocycles. The Kier molecular flexibility index (Phi) is 8.06. The van der Waals surface area contributed by atoms with Crippen LogP contribution in [-0.2, 0) is 10.5 Å². The van der Waals surface area contributed by atoms with Crippen LogP contribution in [0.5, 0.6) is 0 Å². The molecule has 0 radical (unpaired) electrons. The van der Waals surface area contributed by atoms with Crippen molar-refractivity contribution in [1.29, 1.82) is 0 Å². The van der Waals surface area contributed by atoms with Crippen LogP contribution in [0.25, 0.3) is 11.8 Å². The summed E-state index contributed by atoms with van der Waals surface area (Å²) in [5, 5.41) is 13.3. The van der Waals surface area contributed by atoms with Crippen molar-refractivity contribution in [2.75, 3.05) is 0 Å². The molecule has 0 aliphatic heterocycles. The maximum Gasteiger partial charge on any atom is 0.244 e. The van der Waals surface area contributed by atoms with E-state index in [9.17, 15) is 4.79 Å². The highest BCUT2D eigenvalue weighted by Gasteiger charge is 2.22. The number of carbonyl (C=O) groups is 1. The Morgan fingerprint density at radius 2 is 1.86 bits per heavy atom. The molecule has 1 aromatic heterocycles. The Bertz CT molecular complexity index is 1350. The summed E-state index contributed by atoms with van der Waals surface area (Å²) in [6, 6.07) is 23.5. The molecule has 3 aromatic carbocycles. The SMILES string of the molecule is Cc1cccc(CSc2nnc(C(C)NC(=O)/C=C/c3ccccc3)n2-c2cc(Cl)ccc2C)c1. The van der Waals surface area contributed by atoms with Gasteiger partial charge in [-0.3, -0.25) is 9.36 Å². The lowest BCUT2D eigenvalue weighted by Crippen LogP contribution is -2.27. The van der Waals surface area contributed by atoms with Crippen molar-refractivity contribution in [2.24, 2.45) is 0 Å². The van der Waals surface area contributed by atoms with Gasteiger partial charge in [-0.2, -0.15) is 0 Å². The van der Waals surface area contributed by atoms with E-state index in [0.717, 1.165) is 27.7 Å². The van der Waals surface area contributed by atoms with Crippen LogP contribution in [0.3, 0.4) is 0 Å². The van der Waals surface area contributed by atoms with E-state index in [2.05, 4.69) is 46.7 Å². The van der Waals surface area contributed by atoms with Crippen LogP contribution in [0, 0.1) is 13.8 Å². The van der Waals surface area contributed by atoms with Crippen LogP contribution in [0.2, 0.25) is 5.02 Å². The van der Waals surface area contributed by atoms with Gasteiger partial charge in [-0.1, -0.05) is 89.6 Å². The Morgan fingerprint density at radius 1 is 1.06 bits per heavy atom. The van der Waals surface area contributed by atoms with Crippen LogP contribution < -0.4 is 5.32 Å². The molecule has 178 valence electrons. The monoisotopic (exact) mass is 502 g/mol. The summed E-state index contributed by atoms with van der Waals surface area (Å²) in [6.45, 7) is 6.01. The highest BCUT2D eigenvalue weighted by molar-refractivity contribution is 7.98. The van der Waals surface area contributed by atoms with Gasteiger partial charge in [0.1, 0.15) is 0 Å². The van der Waals surface area contributed by atoms with Gasteiger partial charge in [0.15, 0.2) is 11.0 Å². The summed E-state index contributed by atoms with van der Waals surface area (Å²) >= 11 is 7.95. The molecular formula is C28H27ClN4OS. The molecule has 0 bridgehead atoms. The van der Waals surface area contributed by atoms with E-state index in [-0.39, 0.29) is 11.9 Å². The summed E-state index contributed by atoms with van der Waals surface area (Å²) in [4.78, 5) is 12.6. The second-order valence-electron chi connectivity index (χ2n) is 8.36. The Labute approximate surface area is 215 Å². The molecule has 0 aliphatic carbocycles. The van der Waals surface area contributed by atoms with Gasteiger partial charge in [-0.15, -0.1) is 10.2 Å². The average Bonchev–Trinajstić information content (AvgIpc) is 3.27. The lowest BCUT2D eigenvalue weighted by molar-refractivity contribution is -0.117. The highest BCUT2D eigenvalue weighted by Crippen LogP contribution is 2.30. The first-order chi connectivity index (χ1) is 16.9. The van der Waals surface area contributed by atoms with Crippen molar-refractivity contribution >= 4 is 35.3 Å². The van der Waals surface area contributed by atoms with Gasteiger partial charge in [-0.25, -0.2) is 0 Å². The topological polar surface area (TPSA) is 59.8 Å². The average molecular weight is 503 g/mol. The van der Waals surface area contributed by atoms with E-state index < -0.39 is 0 Å². The number of hydrogen-bond acceptors (Lipinski definition) is 4. The Balaban J connectivity index is 1.61. The Hall–Kier alpha value is -3.35. The van der Waals surface area contributed by atoms with Crippen LogP contribution in [0.4, 0.5) is 0 Å². The van der Waals surface area contributed by atoms with Crippen LogP contribution in [-0.4, -0.2) is 20.7 Å². The molecule has 4 rings (SSSR count). The summed E-state index contributed by atoms with van der Waals surface area (Å²) in [5.41, 5.74) is 5.32. The standard InChI is InChI=1S/C28H27ClN4OS/c1-19-8-7-11-23(16-19)18-35-28-32-31-27(33(28)25-17-24(29)14-12-20(25)2)21(3)30-26(34)15-13-22-9-5-4-6-10-22/h4-17,21H,18H2,1-3H3,(H,30,34)/b15-13+. The number of carbonyl (C=O) groups excluding carboxylic acids is 1. The van der Waals surface area contributed by atoms with E-state index in [1.807, 2.05) is 66.9 Å². The van der Waals surface area contributed by atoms with Crippen molar-refractivity contribution in [3.63, 3.8) is 0 Å². The third-order valence-corrected chi connectivity index (χ3v) is 6.73. The molecule has 0 fully saturated rings. The fourth-order valence-electron chi connectivity index (χ4n) is 3.72. The van der Waals surface area contributed by atoms with Crippen molar-refractivity contribution in [3.05, 3.63) is 112 Å². The molecule has 1 atom stereocenters. The molecule has 1 heterocycles. The number of hydrogen-bond donors (Lipinski definition) is 1. The second-order valence-corrected chi connectivity index (χ2v) is 9.74. The minimum Gasteiger partial charge on any atom is -0.343 e. The van der Waals surface area contributed by atoms with Crippen molar-refractivity contribution in [3.8, 4) is 5.69 Å². The molecule has 0 aliphatic rings. The van der Waals surface area contributed by atoms with Crippen molar-refractivity contribution in [1.82, 2.24) is 20.1 Å². The highest BCUT2D eigenvalue weighted by atomic mass is 35.5. The largest absolute Gasteiger partial charge is 0.343 e. The zero-order valence-electron chi connectivity index (χ0n) is 19.9. The van der Waals surface area contributed by atoms with E-state index in [4.69, 9.17) is 11.6 Å². The minimum atomic E-state index is -0.373. The lowest BCUT2D eigenvalue weighted by atomic mass is 10.2. The normalized spacial score (nSPS) is 12.1. The fraction of sp³-hybridized carbons (Fsp3) is 0.179. The second kappa shape index (κ2) is 11.4. The molecule has 5 nitrogen and oxygen atoms in total. The predicted molar refractivity (Wildman–Crippen MR) is 144 cm³/mol. The first-order valence-corrected chi connectivity index (χ1v) is 12.7. The zero-order chi connectivity index (χ0) is 24.8. The third-order valence-electron chi connectivity index (χ3n) is 5.49. The van der Waals surface area contributed by atoms with Gasteiger partial charge in [0, 0.05) is 16.9 Å². The van der Waals surface area contributed by atoms with Crippen LogP contribution in [0.1, 0.15) is 41.0 Å². The number of aryl methyl sites for hydroxylation is 2. The van der Waals surface area contributed by atoms with Gasteiger partial charge in [0.2, 0.25) is 5.91 Å². The van der Waals surface area contributed by atoms with E-state index in [0.29, 0.717) is 10.8 Å². The molecule has 1 amide bonds. The number of nitrogens with one attached hydrogen (secondary N) is 1. The number of aromatic nitrogens is 3. The maximum absolute atomic E-state index is 12.6. The number of thioether (sulfide) groups is 1. The third kappa shape index (κ3) is 6.41. The van der Waals surface area contributed by atoms with Crippen molar-refractivity contribution < 1.29 is 4.79 Å². The van der Waals surface area contributed by atoms with E-state index >= 15 is 0 Å². The Morgan fingerprint density at radius 3 is 2.63 bits per heavy atom. The van der Waals surface area contributed by atoms with Gasteiger partial charge < -0.3 is 5.32 Å². The minimum absolute atomic E-state index is 0.201. The molecular weight excluding hydrogens is 476 g/mol. The van der Waals surface area contributed by atoms with Gasteiger partial charge in [-0.05, 0) is 55.7 Å². The summed E-state index contributed by atoms with van der Waals surface area (Å²) < 4.78 is 1.99. The number of halogens is 1. The summed E-state index contributed by atoms with van der Waals surface area (Å²) in [5.74, 6) is 1.19. The number of benzene rings is 3.